The maximum absolute atomic E-state index is 5.23. The summed E-state index contributed by atoms with van der Waals surface area (Å²) in [6.07, 6.45) is 3.18. The molecule has 0 aliphatic carbocycles. The van der Waals surface area contributed by atoms with Crippen molar-refractivity contribution in [3.8, 4) is 22.5 Å². The van der Waals surface area contributed by atoms with Crippen LogP contribution in [0.2, 0.25) is 0 Å². The molecule has 0 unspecified atom stereocenters. The van der Waals surface area contributed by atoms with Gasteiger partial charge in [-0.3, -0.25) is 0 Å². The van der Waals surface area contributed by atoms with Gasteiger partial charge in [-0.25, -0.2) is 15.4 Å². The summed E-state index contributed by atoms with van der Waals surface area (Å²) >= 11 is 0. The van der Waals surface area contributed by atoms with E-state index in [9.17, 15) is 0 Å². The van der Waals surface area contributed by atoms with Crippen LogP contribution < -0.4 is 5.43 Å². The molecule has 4 aromatic rings. The first-order valence-electron chi connectivity index (χ1n) is 8.21. The van der Waals surface area contributed by atoms with E-state index in [1.54, 1.807) is 18.5 Å². The van der Waals surface area contributed by atoms with Gasteiger partial charge in [0.05, 0.1) is 23.9 Å². The Hall–Kier alpha value is -3.73. The van der Waals surface area contributed by atoms with Crippen molar-refractivity contribution in [3.63, 3.8) is 0 Å². The number of nitrogens with one attached hydrogen (secondary N) is 1. The summed E-state index contributed by atoms with van der Waals surface area (Å²) in [5, 5.41) is 4.16. The lowest BCUT2D eigenvalue weighted by Crippen LogP contribution is -2.00. The third kappa shape index (κ3) is 3.67. The Kier molecular flexibility index (Phi) is 4.52. The molecular weight excluding hydrogens is 324 g/mol. The highest BCUT2D eigenvalue weighted by atomic mass is 16.3. The first kappa shape index (κ1) is 15.8. The lowest BCUT2D eigenvalue weighted by atomic mass is 10.1. The summed E-state index contributed by atoms with van der Waals surface area (Å²) < 4.78 is 5.23. The molecule has 0 atom stereocenters. The van der Waals surface area contributed by atoms with Gasteiger partial charge in [0.25, 0.3) is 0 Å². The second-order valence-corrected chi connectivity index (χ2v) is 5.58. The van der Waals surface area contributed by atoms with Gasteiger partial charge in [0.15, 0.2) is 0 Å². The monoisotopic (exact) mass is 340 g/mol. The van der Waals surface area contributed by atoms with Crippen molar-refractivity contribution in [3.05, 3.63) is 90.9 Å². The molecule has 2 heterocycles. The average molecular weight is 340 g/mol. The fourth-order valence-electron chi connectivity index (χ4n) is 2.53. The smallest absolute Gasteiger partial charge is 0.244 e. The highest BCUT2D eigenvalue weighted by molar-refractivity contribution is 5.76. The summed E-state index contributed by atoms with van der Waals surface area (Å²) in [5.74, 6) is 1.08. The van der Waals surface area contributed by atoms with Gasteiger partial charge in [-0.2, -0.15) is 5.10 Å². The van der Waals surface area contributed by atoms with Gasteiger partial charge in [0, 0.05) is 11.1 Å². The summed E-state index contributed by atoms with van der Waals surface area (Å²) in [7, 11) is 0. The number of hydrazone groups is 1. The van der Waals surface area contributed by atoms with Crippen LogP contribution in [0, 0.1) is 0 Å². The molecule has 5 heteroatoms. The van der Waals surface area contributed by atoms with Crippen LogP contribution in [0.15, 0.2) is 94.6 Å². The van der Waals surface area contributed by atoms with E-state index >= 15 is 0 Å². The van der Waals surface area contributed by atoms with Gasteiger partial charge in [0.2, 0.25) is 5.95 Å². The lowest BCUT2D eigenvalue weighted by Gasteiger charge is -2.08. The zero-order valence-corrected chi connectivity index (χ0v) is 13.9. The maximum atomic E-state index is 5.23. The molecule has 0 aliphatic heterocycles. The van der Waals surface area contributed by atoms with E-state index in [0.29, 0.717) is 11.7 Å². The molecule has 2 aromatic heterocycles. The number of rotatable bonds is 5. The van der Waals surface area contributed by atoms with Gasteiger partial charge >= 0.3 is 0 Å². The van der Waals surface area contributed by atoms with Crippen LogP contribution in [0.5, 0.6) is 0 Å². The Morgan fingerprint density at radius 2 is 1.38 bits per heavy atom. The van der Waals surface area contributed by atoms with Gasteiger partial charge in [-0.15, -0.1) is 0 Å². The molecule has 0 aliphatic rings. The van der Waals surface area contributed by atoms with Gasteiger partial charge < -0.3 is 4.42 Å². The summed E-state index contributed by atoms with van der Waals surface area (Å²) in [6.45, 7) is 0. The zero-order valence-electron chi connectivity index (χ0n) is 13.9. The average Bonchev–Trinajstić information content (AvgIpc) is 3.23. The number of hydrogen-bond donors (Lipinski definition) is 1. The quantitative estimate of drug-likeness (QED) is 0.417. The standard InChI is InChI=1S/C21H16N4O/c1-3-8-16(9-4-1)19-14-20(17-10-5-2-6-11-17)24-21(23-19)25-22-15-18-12-7-13-26-18/h1-15H,(H,23,24,25)/b22-15+. The van der Waals surface area contributed by atoms with Crippen LogP contribution in [-0.4, -0.2) is 16.2 Å². The molecule has 5 nitrogen and oxygen atoms in total. The van der Waals surface area contributed by atoms with Crippen LogP contribution >= 0.6 is 0 Å². The van der Waals surface area contributed by atoms with Crippen LogP contribution in [0.4, 0.5) is 5.95 Å². The van der Waals surface area contributed by atoms with Crippen LogP contribution in [-0.2, 0) is 0 Å². The molecule has 0 saturated carbocycles. The number of furan rings is 1. The van der Waals surface area contributed by atoms with Crippen molar-refractivity contribution >= 4 is 12.2 Å². The van der Waals surface area contributed by atoms with Crippen LogP contribution in [0.1, 0.15) is 5.76 Å². The number of anilines is 1. The minimum atomic E-state index is 0.424. The minimum absolute atomic E-state index is 0.424. The van der Waals surface area contributed by atoms with E-state index in [2.05, 4.69) is 20.5 Å². The number of benzene rings is 2. The lowest BCUT2D eigenvalue weighted by molar-refractivity contribution is 0.560. The molecule has 0 fully saturated rings. The van der Waals surface area contributed by atoms with E-state index in [1.165, 1.54) is 0 Å². The highest BCUT2D eigenvalue weighted by Crippen LogP contribution is 2.24. The van der Waals surface area contributed by atoms with Crippen molar-refractivity contribution in [2.75, 3.05) is 5.43 Å². The molecule has 0 spiro atoms. The Labute approximate surface area is 151 Å². The first-order valence-corrected chi connectivity index (χ1v) is 8.21. The molecular formula is C21H16N4O. The van der Waals surface area contributed by atoms with Gasteiger partial charge in [-0.05, 0) is 18.2 Å². The first-order chi connectivity index (χ1) is 12.9. The number of aromatic nitrogens is 2. The van der Waals surface area contributed by atoms with E-state index in [1.807, 2.05) is 72.8 Å². The summed E-state index contributed by atoms with van der Waals surface area (Å²) in [4.78, 5) is 9.16. The van der Waals surface area contributed by atoms with Crippen molar-refractivity contribution < 1.29 is 4.42 Å². The Bertz CT molecular complexity index is 939. The van der Waals surface area contributed by atoms with Crippen LogP contribution in [0.25, 0.3) is 22.5 Å². The molecule has 0 saturated heterocycles. The minimum Gasteiger partial charge on any atom is -0.463 e. The fraction of sp³-hybridized carbons (Fsp3) is 0. The van der Waals surface area contributed by atoms with Crippen molar-refractivity contribution in [2.45, 2.75) is 0 Å². The Balaban J connectivity index is 1.70. The predicted octanol–water partition coefficient (Wildman–Crippen LogP) is 4.85. The predicted molar refractivity (Wildman–Crippen MR) is 103 cm³/mol. The van der Waals surface area contributed by atoms with Crippen molar-refractivity contribution in [2.24, 2.45) is 5.10 Å². The summed E-state index contributed by atoms with van der Waals surface area (Å²) in [5.41, 5.74) is 6.59. The number of hydrogen-bond acceptors (Lipinski definition) is 5. The molecule has 126 valence electrons. The third-order valence-corrected chi connectivity index (χ3v) is 3.76. The van der Waals surface area contributed by atoms with E-state index < -0.39 is 0 Å². The molecule has 0 bridgehead atoms. The van der Waals surface area contributed by atoms with Crippen molar-refractivity contribution in [1.82, 2.24) is 9.97 Å². The Morgan fingerprint density at radius 1 is 0.769 bits per heavy atom. The molecule has 0 radical (unpaired) electrons. The van der Waals surface area contributed by atoms with E-state index in [-0.39, 0.29) is 0 Å². The van der Waals surface area contributed by atoms with Gasteiger partial charge in [-0.1, -0.05) is 60.7 Å². The molecule has 1 N–H and O–H groups in total. The second-order valence-electron chi connectivity index (χ2n) is 5.58. The van der Waals surface area contributed by atoms with Gasteiger partial charge in [0.1, 0.15) is 5.76 Å². The van der Waals surface area contributed by atoms with Crippen LogP contribution in [0.3, 0.4) is 0 Å². The van der Waals surface area contributed by atoms with E-state index in [4.69, 9.17) is 4.42 Å². The Morgan fingerprint density at radius 3 is 1.92 bits per heavy atom. The topological polar surface area (TPSA) is 63.3 Å². The third-order valence-electron chi connectivity index (χ3n) is 3.76. The largest absolute Gasteiger partial charge is 0.463 e. The van der Waals surface area contributed by atoms with Crippen molar-refractivity contribution in [1.29, 1.82) is 0 Å². The summed E-state index contributed by atoms with van der Waals surface area (Å²) in [6, 6.07) is 25.6. The molecule has 26 heavy (non-hydrogen) atoms. The molecule has 4 rings (SSSR count). The number of nitrogens with zero attached hydrogens (tertiary/aromatic N) is 3. The SMILES string of the molecule is C(=N\Nc1nc(-c2ccccc2)cc(-c2ccccc2)n1)/c1ccco1. The zero-order chi connectivity index (χ0) is 17.6. The fourth-order valence-corrected chi connectivity index (χ4v) is 2.53. The molecule has 0 amide bonds. The maximum Gasteiger partial charge on any atom is 0.244 e. The molecule has 2 aromatic carbocycles. The highest BCUT2D eigenvalue weighted by Gasteiger charge is 2.08. The normalized spacial score (nSPS) is 10.9. The van der Waals surface area contributed by atoms with E-state index in [0.717, 1.165) is 22.5 Å². The second kappa shape index (κ2) is 7.44.